The largest absolute Gasteiger partial charge is 0.380 e. The van der Waals surface area contributed by atoms with Crippen LogP contribution in [0.3, 0.4) is 0 Å². The Kier molecular flexibility index (Phi) is 4.72. The van der Waals surface area contributed by atoms with Gasteiger partial charge in [-0.2, -0.15) is 0 Å². The number of carbonyl (C=O) groups excluding carboxylic acids is 1. The van der Waals surface area contributed by atoms with Crippen LogP contribution in [0.5, 0.6) is 0 Å². The minimum absolute atomic E-state index is 0.154. The molecule has 1 rings (SSSR count). The summed E-state index contributed by atoms with van der Waals surface area (Å²) in [7, 11) is 1.65. The highest BCUT2D eigenvalue weighted by Gasteiger charge is 2.13. The summed E-state index contributed by atoms with van der Waals surface area (Å²) < 4.78 is 5.14. The molecule has 0 spiro atoms. The molecule has 0 atom stereocenters. The fourth-order valence-electron chi connectivity index (χ4n) is 1.24. The number of hydrogen-bond donors (Lipinski definition) is 1. The molecule has 1 heterocycles. The molecule has 0 aliphatic rings. The molecule has 5 nitrogen and oxygen atoms in total. The molecule has 1 aromatic rings. The lowest BCUT2D eigenvalue weighted by Crippen LogP contribution is -2.33. The predicted molar refractivity (Wildman–Crippen MR) is 60.5 cm³/mol. The van der Waals surface area contributed by atoms with Crippen LogP contribution in [0, 0.1) is 0 Å². The van der Waals surface area contributed by atoms with Gasteiger partial charge >= 0.3 is 0 Å². The second-order valence-electron chi connectivity index (χ2n) is 3.35. The van der Waals surface area contributed by atoms with Crippen LogP contribution in [0.4, 0.5) is 0 Å². The van der Waals surface area contributed by atoms with Crippen molar-refractivity contribution in [3.05, 3.63) is 34.2 Å². The molecule has 5 heteroatoms. The van der Waals surface area contributed by atoms with Gasteiger partial charge in [-0.25, -0.2) is 0 Å². The van der Waals surface area contributed by atoms with Crippen molar-refractivity contribution in [3.8, 4) is 0 Å². The molecule has 0 aromatic carbocycles. The first-order valence-corrected chi connectivity index (χ1v) is 5.17. The highest BCUT2D eigenvalue weighted by molar-refractivity contribution is 5.93. The fraction of sp³-hybridized carbons (Fsp3) is 0.455. The smallest absolute Gasteiger partial charge is 0.259 e. The van der Waals surface area contributed by atoms with E-state index in [1.165, 1.54) is 23.4 Å². The van der Waals surface area contributed by atoms with Gasteiger partial charge in [0, 0.05) is 38.7 Å². The summed E-state index contributed by atoms with van der Waals surface area (Å²) in [6.07, 6.45) is 2.92. The van der Waals surface area contributed by atoms with Gasteiger partial charge in [-0.1, -0.05) is 0 Å². The first-order valence-electron chi connectivity index (χ1n) is 5.17. The maximum atomic E-state index is 11.8. The van der Waals surface area contributed by atoms with E-state index >= 15 is 0 Å². The van der Waals surface area contributed by atoms with Gasteiger partial charge in [-0.05, 0) is 6.92 Å². The number of aromatic amines is 1. The van der Waals surface area contributed by atoms with E-state index in [0.717, 1.165) is 0 Å². The molecular formula is C11H16N2O3. The Balaban J connectivity index is 2.64. The lowest BCUT2D eigenvalue weighted by atomic mass is 10.2. The van der Waals surface area contributed by atoms with Gasteiger partial charge in [0.25, 0.3) is 5.91 Å². The van der Waals surface area contributed by atoms with Crippen LogP contribution in [-0.4, -0.2) is 42.6 Å². The van der Waals surface area contributed by atoms with E-state index in [9.17, 15) is 9.59 Å². The molecule has 1 amide bonds. The molecule has 0 fully saturated rings. The summed E-state index contributed by atoms with van der Waals surface area (Å²) in [4.78, 5) is 27.4. The van der Waals surface area contributed by atoms with Gasteiger partial charge in [0.05, 0.1) is 6.61 Å². The SMILES string of the molecule is CCOCCN(C)C(=O)c1c[nH]ccc1=O. The first-order chi connectivity index (χ1) is 7.66. The molecule has 0 bridgehead atoms. The lowest BCUT2D eigenvalue weighted by Gasteiger charge is -2.16. The van der Waals surface area contributed by atoms with E-state index in [2.05, 4.69) is 4.98 Å². The number of amides is 1. The van der Waals surface area contributed by atoms with Crippen LogP contribution in [0.1, 0.15) is 17.3 Å². The molecule has 16 heavy (non-hydrogen) atoms. The number of H-pyrrole nitrogens is 1. The average Bonchev–Trinajstić information content (AvgIpc) is 2.29. The Labute approximate surface area is 94.0 Å². The van der Waals surface area contributed by atoms with Gasteiger partial charge in [-0.15, -0.1) is 0 Å². The number of pyridine rings is 1. The molecule has 1 aromatic heterocycles. The fourth-order valence-corrected chi connectivity index (χ4v) is 1.24. The average molecular weight is 224 g/mol. The van der Waals surface area contributed by atoms with Gasteiger partial charge in [0.1, 0.15) is 5.56 Å². The van der Waals surface area contributed by atoms with Crippen molar-refractivity contribution in [1.29, 1.82) is 0 Å². The summed E-state index contributed by atoms with van der Waals surface area (Å²) in [5, 5.41) is 0. The molecule has 1 N–H and O–H groups in total. The zero-order valence-corrected chi connectivity index (χ0v) is 9.53. The maximum Gasteiger partial charge on any atom is 0.259 e. The zero-order valence-electron chi connectivity index (χ0n) is 9.53. The van der Waals surface area contributed by atoms with E-state index < -0.39 is 0 Å². The van der Waals surface area contributed by atoms with Gasteiger partial charge in [0.15, 0.2) is 5.43 Å². The summed E-state index contributed by atoms with van der Waals surface area (Å²) in [5.41, 5.74) is -0.117. The first kappa shape index (κ1) is 12.4. The Morgan fingerprint density at radius 1 is 1.56 bits per heavy atom. The molecule has 0 saturated carbocycles. The number of rotatable bonds is 5. The Morgan fingerprint density at radius 3 is 2.94 bits per heavy atom. The van der Waals surface area contributed by atoms with Gasteiger partial charge in [-0.3, -0.25) is 9.59 Å². The predicted octanol–water partition coefficient (Wildman–Crippen LogP) is 0.483. The number of nitrogens with one attached hydrogen (secondary N) is 1. The summed E-state index contributed by atoms with van der Waals surface area (Å²) in [5.74, 6) is -0.290. The number of ether oxygens (including phenoxy) is 1. The third-order valence-electron chi connectivity index (χ3n) is 2.18. The van der Waals surface area contributed by atoms with Crippen molar-refractivity contribution < 1.29 is 9.53 Å². The van der Waals surface area contributed by atoms with E-state index in [1.807, 2.05) is 6.92 Å². The van der Waals surface area contributed by atoms with Crippen LogP contribution in [0.2, 0.25) is 0 Å². The zero-order chi connectivity index (χ0) is 12.0. The van der Waals surface area contributed by atoms with E-state index in [4.69, 9.17) is 4.74 Å². The van der Waals surface area contributed by atoms with Crippen molar-refractivity contribution in [1.82, 2.24) is 9.88 Å². The summed E-state index contributed by atoms with van der Waals surface area (Å²) in [6.45, 7) is 3.46. The monoisotopic (exact) mass is 224 g/mol. The van der Waals surface area contributed by atoms with Crippen molar-refractivity contribution in [2.24, 2.45) is 0 Å². The van der Waals surface area contributed by atoms with Crippen LogP contribution in [-0.2, 0) is 4.74 Å². The highest BCUT2D eigenvalue weighted by Crippen LogP contribution is 1.95. The van der Waals surface area contributed by atoms with Crippen LogP contribution in [0.15, 0.2) is 23.3 Å². The van der Waals surface area contributed by atoms with Crippen LogP contribution in [0.25, 0.3) is 0 Å². The molecule has 88 valence electrons. The third kappa shape index (κ3) is 3.20. The number of nitrogens with zero attached hydrogens (tertiary/aromatic N) is 1. The summed E-state index contributed by atoms with van der Waals surface area (Å²) in [6, 6.07) is 1.34. The second kappa shape index (κ2) is 6.07. The lowest BCUT2D eigenvalue weighted by molar-refractivity contribution is 0.0708. The molecule has 0 unspecified atom stereocenters. The van der Waals surface area contributed by atoms with Crippen molar-refractivity contribution in [3.63, 3.8) is 0 Å². The van der Waals surface area contributed by atoms with E-state index in [-0.39, 0.29) is 16.9 Å². The number of carbonyl (C=O) groups is 1. The molecule has 0 radical (unpaired) electrons. The van der Waals surface area contributed by atoms with E-state index in [1.54, 1.807) is 7.05 Å². The Bertz CT molecular complexity index is 400. The van der Waals surface area contributed by atoms with Gasteiger partial charge in [0.2, 0.25) is 0 Å². The van der Waals surface area contributed by atoms with Gasteiger partial charge < -0.3 is 14.6 Å². The maximum absolute atomic E-state index is 11.8. The molecule has 0 aliphatic carbocycles. The van der Waals surface area contributed by atoms with E-state index in [0.29, 0.717) is 19.8 Å². The number of aromatic nitrogens is 1. The Hall–Kier alpha value is -1.62. The molecular weight excluding hydrogens is 208 g/mol. The quantitative estimate of drug-likeness (QED) is 0.740. The van der Waals surface area contributed by atoms with Crippen molar-refractivity contribution in [2.45, 2.75) is 6.92 Å². The molecule has 0 aliphatic heterocycles. The third-order valence-corrected chi connectivity index (χ3v) is 2.18. The topological polar surface area (TPSA) is 62.4 Å². The number of hydrogen-bond acceptors (Lipinski definition) is 3. The standard InChI is InChI=1S/C11H16N2O3/c1-3-16-7-6-13(2)11(15)9-8-12-5-4-10(9)14/h4-5,8H,3,6-7H2,1-2H3,(H,12,14). The minimum Gasteiger partial charge on any atom is -0.380 e. The van der Waals surface area contributed by atoms with Crippen molar-refractivity contribution >= 4 is 5.91 Å². The summed E-state index contributed by atoms with van der Waals surface area (Å²) >= 11 is 0. The Morgan fingerprint density at radius 2 is 2.31 bits per heavy atom. The second-order valence-corrected chi connectivity index (χ2v) is 3.35. The molecule has 0 saturated heterocycles. The minimum atomic E-state index is -0.290. The number of likely N-dealkylation sites (N-methyl/N-ethyl adjacent to an activating group) is 1. The van der Waals surface area contributed by atoms with Crippen molar-refractivity contribution in [2.75, 3.05) is 26.8 Å². The van der Waals surface area contributed by atoms with Crippen LogP contribution < -0.4 is 5.43 Å². The highest BCUT2D eigenvalue weighted by atomic mass is 16.5. The van der Waals surface area contributed by atoms with Crippen LogP contribution >= 0.6 is 0 Å². The normalized spacial score (nSPS) is 10.1.